The smallest absolute Gasteiger partial charge is 0.326 e. The summed E-state index contributed by atoms with van der Waals surface area (Å²) in [6.07, 6.45) is -0.546. The first-order valence-corrected chi connectivity index (χ1v) is 5.57. The van der Waals surface area contributed by atoms with Gasteiger partial charge in [0, 0.05) is 6.54 Å². The van der Waals surface area contributed by atoms with Crippen molar-refractivity contribution >= 4 is 23.9 Å². The number of urea groups is 1. The van der Waals surface area contributed by atoms with Crippen molar-refractivity contribution in [2.45, 2.75) is 25.8 Å². The highest BCUT2D eigenvalue weighted by molar-refractivity contribution is 5.87. The number of carbonyl (C=O) groups excluding carboxylic acids is 3. The number of primary amides is 1. The normalized spacial score (nSPS) is 11.2. The van der Waals surface area contributed by atoms with E-state index in [0.29, 0.717) is 0 Å². The fourth-order valence-electron chi connectivity index (χ4n) is 1.12. The quantitative estimate of drug-likeness (QED) is 0.399. The zero-order chi connectivity index (χ0) is 14.8. The van der Waals surface area contributed by atoms with Gasteiger partial charge in [-0.1, -0.05) is 0 Å². The molecule has 0 rings (SSSR count). The van der Waals surface area contributed by atoms with Crippen LogP contribution in [-0.4, -0.2) is 48.2 Å². The maximum Gasteiger partial charge on any atom is 0.326 e. The molecule has 108 valence electrons. The zero-order valence-electron chi connectivity index (χ0n) is 10.5. The summed E-state index contributed by atoms with van der Waals surface area (Å²) < 4.78 is 4.63. The topological polar surface area (TPSA) is 148 Å². The number of esters is 1. The first kappa shape index (κ1) is 16.7. The predicted octanol–water partition coefficient (Wildman–Crippen LogP) is -1.43. The molecule has 0 radical (unpaired) electrons. The third kappa shape index (κ3) is 8.41. The Morgan fingerprint density at radius 2 is 1.95 bits per heavy atom. The fraction of sp³-hybridized carbons (Fsp3) is 0.600. The van der Waals surface area contributed by atoms with E-state index in [-0.39, 0.29) is 19.6 Å². The van der Waals surface area contributed by atoms with Gasteiger partial charge < -0.3 is 26.2 Å². The van der Waals surface area contributed by atoms with Crippen LogP contribution in [0.4, 0.5) is 4.79 Å². The summed E-state index contributed by atoms with van der Waals surface area (Å²) in [6.45, 7) is 1.89. The predicted molar refractivity (Wildman–Crippen MR) is 63.0 cm³/mol. The first-order valence-electron chi connectivity index (χ1n) is 5.57. The lowest BCUT2D eigenvalue weighted by atomic mass is 10.2. The number of amides is 3. The van der Waals surface area contributed by atoms with Crippen LogP contribution in [0.15, 0.2) is 0 Å². The molecule has 0 aromatic heterocycles. The van der Waals surface area contributed by atoms with Crippen LogP contribution in [0.2, 0.25) is 0 Å². The third-order valence-corrected chi connectivity index (χ3v) is 1.93. The van der Waals surface area contributed by atoms with Gasteiger partial charge >= 0.3 is 18.0 Å². The number of rotatable bonds is 8. The minimum atomic E-state index is -1.40. The van der Waals surface area contributed by atoms with Crippen molar-refractivity contribution in [3.8, 4) is 0 Å². The Hall–Kier alpha value is -2.32. The first-order chi connectivity index (χ1) is 8.86. The molecule has 0 aliphatic heterocycles. The van der Waals surface area contributed by atoms with E-state index in [1.54, 1.807) is 6.92 Å². The molecule has 0 aliphatic rings. The van der Waals surface area contributed by atoms with E-state index >= 15 is 0 Å². The van der Waals surface area contributed by atoms with Gasteiger partial charge in [0.1, 0.15) is 6.04 Å². The summed E-state index contributed by atoms with van der Waals surface area (Å²) in [4.78, 5) is 43.6. The molecule has 9 heteroatoms. The van der Waals surface area contributed by atoms with Gasteiger partial charge in [-0.2, -0.15) is 0 Å². The van der Waals surface area contributed by atoms with Gasteiger partial charge in [-0.15, -0.1) is 0 Å². The molecule has 19 heavy (non-hydrogen) atoms. The maximum atomic E-state index is 11.3. The van der Waals surface area contributed by atoms with Gasteiger partial charge in [0.25, 0.3) is 0 Å². The fourth-order valence-corrected chi connectivity index (χ4v) is 1.12. The van der Waals surface area contributed by atoms with E-state index in [4.69, 9.17) is 10.8 Å². The molecule has 0 aromatic carbocycles. The monoisotopic (exact) mass is 275 g/mol. The SMILES string of the molecule is CCOC(=O)CCNC(=O)N[C@@H](CC(N)=O)C(=O)O. The Morgan fingerprint density at radius 1 is 1.32 bits per heavy atom. The van der Waals surface area contributed by atoms with Crippen molar-refractivity contribution in [3.05, 3.63) is 0 Å². The molecular weight excluding hydrogens is 258 g/mol. The minimum Gasteiger partial charge on any atom is -0.480 e. The molecule has 0 saturated carbocycles. The molecule has 0 fully saturated rings. The second-order valence-electron chi connectivity index (χ2n) is 3.52. The van der Waals surface area contributed by atoms with Crippen LogP contribution in [0.5, 0.6) is 0 Å². The Bertz CT molecular complexity index is 357. The number of carboxylic acid groups (broad SMARTS) is 1. The number of nitrogens with one attached hydrogen (secondary N) is 2. The Balaban J connectivity index is 4.03. The Kier molecular flexibility index (Phi) is 7.66. The summed E-state index contributed by atoms with van der Waals surface area (Å²) in [5, 5.41) is 13.0. The maximum absolute atomic E-state index is 11.3. The van der Waals surface area contributed by atoms with Crippen molar-refractivity contribution in [1.29, 1.82) is 0 Å². The largest absolute Gasteiger partial charge is 0.480 e. The summed E-state index contributed by atoms with van der Waals surface area (Å²) in [7, 11) is 0. The summed E-state index contributed by atoms with van der Waals surface area (Å²) in [5.74, 6) is -2.70. The van der Waals surface area contributed by atoms with Crippen LogP contribution in [0.25, 0.3) is 0 Å². The molecule has 3 amide bonds. The highest BCUT2D eigenvalue weighted by Crippen LogP contribution is 1.92. The van der Waals surface area contributed by atoms with Crippen LogP contribution < -0.4 is 16.4 Å². The average molecular weight is 275 g/mol. The van der Waals surface area contributed by atoms with Crippen LogP contribution >= 0.6 is 0 Å². The molecule has 0 spiro atoms. The van der Waals surface area contributed by atoms with Crippen molar-refractivity contribution in [3.63, 3.8) is 0 Å². The molecule has 0 saturated heterocycles. The Labute approximate surface area is 109 Å². The van der Waals surface area contributed by atoms with Crippen molar-refractivity contribution < 1.29 is 29.0 Å². The molecule has 0 aromatic rings. The molecule has 0 bridgehead atoms. The van der Waals surface area contributed by atoms with Crippen LogP contribution in [0.1, 0.15) is 19.8 Å². The number of aliphatic carboxylic acids is 1. The molecule has 0 unspecified atom stereocenters. The molecule has 9 nitrogen and oxygen atoms in total. The van der Waals surface area contributed by atoms with Crippen molar-refractivity contribution in [1.82, 2.24) is 10.6 Å². The van der Waals surface area contributed by atoms with Crippen LogP contribution in [0.3, 0.4) is 0 Å². The van der Waals surface area contributed by atoms with Crippen LogP contribution in [-0.2, 0) is 19.1 Å². The van der Waals surface area contributed by atoms with E-state index in [2.05, 4.69) is 15.4 Å². The third-order valence-electron chi connectivity index (χ3n) is 1.93. The summed E-state index contributed by atoms with van der Waals surface area (Å²) in [6, 6.07) is -2.21. The molecule has 1 atom stereocenters. The number of carboxylic acids is 1. The zero-order valence-corrected chi connectivity index (χ0v) is 10.5. The van der Waals surface area contributed by atoms with Gasteiger partial charge in [0.15, 0.2) is 0 Å². The van der Waals surface area contributed by atoms with Gasteiger partial charge in [-0.3, -0.25) is 9.59 Å². The van der Waals surface area contributed by atoms with Gasteiger partial charge in [0.05, 0.1) is 19.4 Å². The highest BCUT2D eigenvalue weighted by atomic mass is 16.5. The number of nitrogens with two attached hydrogens (primary N) is 1. The van der Waals surface area contributed by atoms with E-state index in [9.17, 15) is 19.2 Å². The van der Waals surface area contributed by atoms with E-state index in [1.165, 1.54) is 0 Å². The summed E-state index contributed by atoms with van der Waals surface area (Å²) in [5.41, 5.74) is 4.84. The number of hydrogen-bond acceptors (Lipinski definition) is 5. The average Bonchev–Trinajstić information content (AvgIpc) is 2.27. The van der Waals surface area contributed by atoms with Crippen LogP contribution in [0, 0.1) is 0 Å². The summed E-state index contributed by atoms with van der Waals surface area (Å²) >= 11 is 0. The second kappa shape index (κ2) is 8.72. The molecular formula is C10H17N3O6. The minimum absolute atomic E-state index is 0.00637. The second-order valence-corrected chi connectivity index (χ2v) is 3.52. The number of ether oxygens (including phenoxy) is 1. The lowest BCUT2D eigenvalue weighted by Gasteiger charge is -2.13. The lowest BCUT2D eigenvalue weighted by Crippen LogP contribution is -2.48. The van der Waals surface area contributed by atoms with Gasteiger partial charge in [0.2, 0.25) is 5.91 Å². The number of hydrogen-bond donors (Lipinski definition) is 4. The van der Waals surface area contributed by atoms with E-state index in [1.807, 2.05) is 0 Å². The molecule has 0 aliphatic carbocycles. The molecule has 0 heterocycles. The standard InChI is InChI=1S/C10H17N3O6/c1-2-19-8(15)3-4-12-10(18)13-6(9(16)17)5-7(11)14/h6H,2-5H2,1H3,(H2,11,14)(H,16,17)(H2,12,13,18)/t6-/m0/s1. The Morgan fingerprint density at radius 3 is 2.42 bits per heavy atom. The van der Waals surface area contributed by atoms with Crippen molar-refractivity contribution in [2.24, 2.45) is 5.73 Å². The van der Waals surface area contributed by atoms with E-state index < -0.39 is 36.3 Å². The highest BCUT2D eigenvalue weighted by Gasteiger charge is 2.21. The lowest BCUT2D eigenvalue weighted by molar-refractivity contribution is -0.143. The number of carbonyl (C=O) groups is 4. The van der Waals surface area contributed by atoms with E-state index in [0.717, 1.165) is 0 Å². The molecule has 5 N–H and O–H groups in total. The van der Waals surface area contributed by atoms with Crippen molar-refractivity contribution in [2.75, 3.05) is 13.2 Å². The van der Waals surface area contributed by atoms with Gasteiger partial charge in [-0.05, 0) is 6.92 Å². The van der Waals surface area contributed by atoms with Gasteiger partial charge in [-0.25, -0.2) is 9.59 Å².